The minimum atomic E-state index is -4.35. The van der Waals surface area contributed by atoms with Crippen LogP contribution in [0.4, 0.5) is 13.2 Å². The highest BCUT2D eigenvalue weighted by Crippen LogP contribution is 2.27. The Bertz CT molecular complexity index is 407. The molecule has 2 unspecified atom stereocenters. The van der Waals surface area contributed by atoms with Gasteiger partial charge in [0.05, 0.1) is 7.11 Å². The molecular formula is C13H19F3N2O. The Kier molecular flexibility index (Phi) is 5.20. The summed E-state index contributed by atoms with van der Waals surface area (Å²) in [6.07, 6.45) is -4.35. The van der Waals surface area contributed by atoms with Crippen LogP contribution < -0.4 is 10.5 Å². The number of rotatable bonds is 5. The number of hydrogen-bond acceptors (Lipinski definition) is 3. The lowest BCUT2D eigenvalue weighted by Crippen LogP contribution is -2.53. The van der Waals surface area contributed by atoms with Crippen molar-refractivity contribution in [3.63, 3.8) is 0 Å². The van der Waals surface area contributed by atoms with Crippen LogP contribution in [0.3, 0.4) is 0 Å². The summed E-state index contributed by atoms with van der Waals surface area (Å²) in [6.45, 7) is 1.52. The highest BCUT2D eigenvalue weighted by atomic mass is 19.4. The predicted molar refractivity (Wildman–Crippen MR) is 68.0 cm³/mol. The lowest BCUT2D eigenvalue weighted by molar-refractivity contribution is -0.186. The molecule has 0 aromatic heterocycles. The van der Waals surface area contributed by atoms with E-state index in [4.69, 9.17) is 10.5 Å². The van der Waals surface area contributed by atoms with E-state index in [1.807, 2.05) is 0 Å². The first kappa shape index (κ1) is 15.8. The number of halogens is 3. The van der Waals surface area contributed by atoms with Crippen LogP contribution in [-0.2, 0) is 6.54 Å². The molecule has 3 nitrogen and oxygen atoms in total. The van der Waals surface area contributed by atoms with Gasteiger partial charge < -0.3 is 10.5 Å². The van der Waals surface area contributed by atoms with Gasteiger partial charge in [-0.1, -0.05) is 12.1 Å². The van der Waals surface area contributed by atoms with Crippen molar-refractivity contribution in [2.75, 3.05) is 14.2 Å². The Morgan fingerprint density at radius 2 is 2.00 bits per heavy atom. The van der Waals surface area contributed by atoms with E-state index < -0.39 is 18.3 Å². The highest BCUT2D eigenvalue weighted by molar-refractivity contribution is 5.28. The molecule has 19 heavy (non-hydrogen) atoms. The molecule has 0 aliphatic rings. The molecule has 1 rings (SSSR count). The van der Waals surface area contributed by atoms with E-state index in [0.29, 0.717) is 5.75 Å². The summed E-state index contributed by atoms with van der Waals surface area (Å²) in [5.74, 6) is 0.621. The molecule has 0 spiro atoms. The average Bonchev–Trinajstić information content (AvgIpc) is 2.26. The molecular weight excluding hydrogens is 257 g/mol. The molecule has 108 valence electrons. The topological polar surface area (TPSA) is 38.5 Å². The SMILES string of the molecule is COc1cccc(CN(C)C(C(C)N)C(F)(F)F)c1. The molecule has 0 fully saturated rings. The van der Waals surface area contributed by atoms with E-state index in [2.05, 4.69) is 0 Å². The molecule has 0 heterocycles. The van der Waals surface area contributed by atoms with E-state index in [-0.39, 0.29) is 6.54 Å². The fourth-order valence-electron chi connectivity index (χ4n) is 2.11. The number of alkyl halides is 3. The normalized spacial score (nSPS) is 15.4. The van der Waals surface area contributed by atoms with Gasteiger partial charge >= 0.3 is 6.18 Å². The van der Waals surface area contributed by atoms with Crippen molar-refractivity contribution >= 4 is 0 Å². The third-order valence-corrected chi connectivity index (χ3v) is 2.87. The molecule has 6 heteroatoms. The second kappa shape index (κ2) is 6.25. The summed E-state index contributed by atoms with van der Waals surface area (Å²) < 4.78 is 43.8. The molecule has 1 aromatic carbocycles. The van der Waals surface area contributed by atoms with Crippen molar-refractivity contribution in [3.05, 3.63) is 29.8 Å². The first-order valence-corrected chi connectivity index (χ1v) is 5.91. The number of likely N-dealkylation sites (N-methyl/N-ethyl adjacent to an activating group) is 1. The summed E-state index contributed by atoms with van der Waals surface area (Å²) in [7, 11) is 2.93. The largest absolute Gasteiger partial charge is 0.497 e. The maximum atomic E-state index is 12.9. The number of ether oxygens (including phenoxy) is 1. The third kappa shape index (κ3) is 4.40. The zero-order valence-corrected chi connectivity index (χ0v) is 11.2. The molecule has 0 saturated heterocycles. The summed E-state index contributed by atoms with van der Waals surface area (Å²) in [5.41, 5.74) is 6.19. The Morgan fingerprint density at radius 1 is 1.37 bits per heavy atom. The zero-order chi connectivity index (χ0) is 14.6. The van der Waals surface area contributed by atoms with Crippen LogP contribution in [0.25, 0.3) is 0 Å². The van der Waals surface area contributed by atoms with Gasteiger partial charge in [0.1, 0.15) is 11.8 Å². The minimum absolute atomic E-state index is 0.156. The summed E-state index contributed by atoms with van der Waals surface area (Å²) in [5, 5.41) is 0. The van der Waals surface area contributed by atoms with Crippen molar-refractivity contribution < 1.29 is 17.9 Å². The number of nitrogens with two attached hydrogens (primary N) is 1. The van der Waals surface area contributed by atoms with Crippen molar-refractivity contribution in [1.29, 1.82) is 0 Å². The van der Waals surface area contributed by atoms with Crippen LogP contribution in [0.15, 0.2) is 24.3 Å². The van der Waals surface area contributed by atoms with Crippen molar-refractivity contribution in [1.82, 2.24) is 4.90 Å². The molecule has 0 aliphatic carbocycles. The Labute approximate surface area is 111 Å². The Hall–Kier alpha value is -1.27. The summed E-state index contributed by atoms with van der Waals surface area (Å²) >= 11 is 0. The van der Waals surface area contributed by atoms with Gasteiger partial charge in [-0.25, -0.2) is 0 Å². The van der Waals surface area contributed by atoms with E-state index in [9.17, 15) is 13.2 Å². The number of methoxy groups -OCH3 is 1. The van der Waals surface area contributed by atoms with Gasteiger partial charge in [-0.2, -0.15) is 13.2 Å². The second-order valence-electron chi connectivity index (χ2n) is 4.61. The van der Waals surface area contributed by atoms with Crippen molar-refractivity contribution in [3.8, 4) is 5.75 Å². The average molecular weight is 276 g/mol. The molecule has 0 aliphatic heterocycles. The van der Waals surface area contributed by atoms with Crippen molar-refractivity contribution in [2.45, 2.75) is 31.7 Å². The van der Waals surface area contributed by atoms with E-state index in [1.165, 1.54) is 26.0 Å². The Balaban J connectivity index is 2.84. The van der Waals surface area contributed by atoms with Gasteiger partial charge in [0, 0.05) is 12.6 Å². The van der Waals surface area contributed by atoms with Gasteiger partial charge in [-0.05, 0) is 31.7 Å². The number of nitrogens with zero attached hydrogens (tertiary/aromatic N) is 1. The van der Waals surface area contributed by atoms with Crippen LogP contribution in [0.1, 0.15) is 12.5 Å². The maximum absolute atomic E-state index is 12.9. The van der Waals surface area contributed by atoms with E-state index in [0.717, 1.165) is 5.56 Å². The summed E-state index contributed by atoms with van der Waals surface area (Å²) in [6, 6.07) is 4.31. The van der Waals surface area contributed by atoms with Gasteiger partial charge in [-0.3, -0.25) is 4.90 Å². The van der Waals surface area contributed by atoms with Gasteiger partial charge in [-0.15, -0.1) is 0 Å². The molecule has 0 saturated carbocycles. The van der Waals surface area contributed by atoms with Gasteiger partial charge in [0.15, 0.2) is 0 Å². The third-order valence-electron chi connectivity index (χ3n) is 2.87. The maximum Gasteiger partial charge on any atom is 0.405 e. The first-order chi connectivity index (χ1) is 8.75. The van der Waals surface area contributed by atoms with E-state index in [1.54, 1.807) is 24.3 Å². The summed E-state index contributed by atoms with van der Waals surface area (Å²) in [4.78, 5) is 1.21. The molecule has 0 amide bonds. The minimum Gasteiger partial charge on any atom is -0.497 e. The molecule has 2 atom stereocenters. The van der Waals surface area contributed by atoms with Gasteiger partial charge in [0.25, 0.3) is 0 Å². The quantitative estimate of drug-likeness (QED) is 0.897. The lowest BCUT2D eigenvalue weighted by Gasteiger charge is -2.32. The van der Waals surface area contributed by atoms with Crippen LogP contribution in [0.5, 0.6) is 5.75 Å². The smallest absolute Gasteiger partial charge is 0.405 e. The van der Waals surface area contributed by atoms with Crippen LogP contribution >= 0.6 is 0 Å². The highest BCUT2D eigenvalue weighted by Gasteiger charge is 2.44. The van der Waals surface area contributed by atoms with Gasteiger partial charge in [0.2, 0.25) is 0 Å². The Morgan fingerprint density at radius 3 is 2.47 bits per heavy atom. The van der Waals surface area contributed by atoms with Crippen LogP contribution in [0.2, 0.25) is 0 Å². The predicted octanol–water partition coefficient (Wildman–Crippen LogP) is 2.41. The van der Waals surface area contributed by atoms with Crippen molar-refractivity contribution in [2.24, 2.45) is 5.73 Å². The molecule has 2 N–H and O–H groups in total. The first-order valence-electron chi connectivity index (χ1n) is 5.91. The standard InChI is InChI=1S/C13H19F3N2O/c1-9(17)12(13(14,15)16)18(2)8-10-5-4-6-11(7-10)19-3/h4-7,9,12H,8,17H2,1-3H3. The lowest BCUT2D eigenvalue weighted by atomic mass is 10.1. The monoisotopic (exact) mass is 276 g/mol. The fraction of sp³-hybridized carbons (Fsp3) is 0.538. The molecule has 0 radical (unpaired) electrons. The molecule has 1 aromatic rings. The van der Waals surface area contributed by atoms with Crippen LogP contribution in [-0.4, -0.2) is 37.3 Å². The molecule has 0 bridgehead atoms. The second-order valence-corrected chi connectivity index (χ2v) is 4.61. The zero-order valence-electron chi connectivity index (χ0n) is 11.2. The number of hydrogen-bond donors (Lipinski definition) is 1. The van der Waals surface area contributed by atoms with Crippen LogP contribution in [0, 0.1) is 0 Å². The fourth-order valence-corrected chi connectivity index (χ4v) is 2.11. The van der Waals surface area contributed by atoms with E-state index >= 15 is 0 Å². The number of benzene rings is 1.